The van der Waals surface area contributed by atoms with E-state index in [1.165, 1.54) is 38.7 Å². The first-order chi connectivity index (χ1) is 31.6. The van der Waals surface area contributed by atoms with E-state index in [2.05, 4.69) is 170 Å². The molecule has 0 aliphatic carbocycles. The van der Waals surface area contributed by atoms with Crippen molar-refractivity contribution in [1.29, 1.82) is 0 Å². The quantitative estimate of drug-likeness (QED) is 0.112. The van der Waals surface area contributed by atoms with Gasteiger partial charge in [0.15, 0.2) is 0 Å². The van der Waals surface area contributed by atoms with Crippen molar-refractivity contribution in [1.82, 2.24) is 19.5 Å². The van der Waals surface area contributed by atoms with Gasteiger partial charge >= 0.3 is 0 Å². The fourth-order valence-corrected chi connectivity index (χ4v) is 10.4. The molecule has 65 heavy (non-hydrogen) atoms. The SMILES string of the molecule is CC(C)c1cc(-c2ccccc2)cc(C(C)C)c1-n1c(-c2[c-]ccc3c2oc2ccccc23)nc2c(C(C)(C)C)cncc21.[2H]C([2H])([2H])c1c[c-]c(-c2cc(C(C)C)c([Si](C)(C)C)cn2)cc1.[Ir]. The minimum Gasteiger partial charge on any atom is -0.501 e. The Bertz CT molecular complexity index is 3200. The van der Waals surface area contributed by atoms with Crippen molar-refractivity contribution < 1.29 is 28.6 Å². The molecule has 1 radical (unpaired) electrons. The number of aromatic nitrogens is 4. The largest absolute Gasteiger partial charge is 0.501 e. The van der Waals surface area contributed by atoms with Crippen LogP contribution in [0.25, 0.3) is 72.4 Å². The van der Waals surface area contributed by atoms with Crippen LogP contribution in [-0.4, -0.2) is 27.6 Å². The van der Waals surface area contributed by atoms with E-state index in [4.69, 9.17) is 18.5 Å². The first-order valence-corrected chi connectivity index (χ1v) is 26.1. The number of nitrogens with zero attached hydrogens (tertiary/aromatic N) is 4. The molecule has 0 amide bonds. The van der Waals surface area contributed by atoms with Gasteiger partial charge in [-0.25, -0.2) is 0 Å². The average molecular weight is 1050 g/mol. The zero-order chi connectivity index (χ0) is 48.2. The van der Waals surface area contributed by atoms with E-state index in [0.717, 1.165) is 61.2 Å². The molecule has 9 rings (SSSR count). The van der Waals surface area contributed by atoms with Gasteiger partial charge in [0.2, 0.25) is 0 Å². The Hall–Kier alpha value is -5.46. The van der Waals surface area contributed by atoms with Gasteiger partial charge in [-0.15, -0.1) is 53.6 Å². The normalized spacial score (nSPS) is 12.9. The van der Waals surface area contributed by atoms with Crippen LogP contribution in [0.3, 0.4) is 0 Å². The second-order valence-electron chi connectivity index (χ2n) is 20.0. The Labute approximate surface area is 405 Å². The second-order valence-corrected chi connectivity index (χ2v) is 25.0. The van der Waals surface area contributed by atoms with Crippen LogP contribution < -0.4 is 5.19 Å². The maximum atomic E-state index is 7.44. The predicted octanol–water partition coefficient (Wildman–Crippen LogP) is 15.5. The minimum absolute atomic E-state index is 0. The third-order valence-electron chi connectivity index (χ3n) is 12.1. The molecule has 0 atom stereocenters. The van der Waals surface area contributed by atoms with Crippen LogP contribution in [0, 0.1) is 19.0 Å². The van der Waals surface area contributed by atoms with Crippen molar-refractivity contribution in [3.8, 4) is 39.5 Å². The van der Waals surface area contributed by atoms with Crippen LogP contribution in [0.15, 0.2) is 126 Å². The van der Waals surface area contributed by atoms with E-state index in [0.29, 0.717) is 11.5 Å². The monoisotopic (exact) mass is 1050 g/mol. The molecule has 0 unspecified atom stereocenters. The van der Waals surface area contributed by atoms with Crippen molar-refractivity contribution in [2.45, 2.75) is 112 Å². The summed E-state index contributed by atoms with van der Waals surface area (Å²) >= 11 is 0. The molecule has 0 fully saturated rings. The first kappa shape index (κ1) is 43.4. The van der Waals surface area contributed by atoms with E-state index < -0.39 is 14.9 Å². The smallest absolute Gasteiger partial charge is 0.120 e. The van der Waals surface area contributed by atoms with Crippen molar-refractivity contribution in [2.24, 2.45) is 0 Å². The molecular weight excluding hydrogens is 989 g/mol. The van der Waals surface area contributed by atoms with Gasteiger partial charge in [-0.3, -0.25) is 9.97 Å². The van der Waals surface area contributed by atoms with Crippen LogP contribution in [-0.2, 0) is 25.5 Å². The molecule has 0 N–H and O–H groups in total. The Balaban J connectivity index is 0.000000242. The van der Waals surface area contributed by atoms with Crippen molar-refractivity contribution >= 4 is 46.2 Å². The summed E-state index contributed by atoms with van der Waals surface area (Å²) in [4.78, 5) is 14.9. The summed E-state index contributed by atoms with van der Waals surface area (Å²) in [6, 6.07) is 41.5. The number of para-hydroxylation sites is 1. The van der Waals surface area contributed by atoms with Gasteiger partial charge in [-0.05, 0) is 74.5 Å². The Morgan fingerprint density at radius 1 is 0.723 bits per heavy atom. The third-order valence-corrected chi connectivity index (χ3v) is 14.2. The summed E-state index contributed by atoms with van der Waals surface area (Å²) in [6.07, 6.45) is 5.95. The van der Waals surface area contributed by atoms with Crippen molar-refractivity contribution in [3.05, 3.63) is 162 Å². The van der Waals surface area contributed by atoms with Crippen LogP contribution in [0.2, 0.25) is 19.6 Å². The second kappa shape index (κ2) is 18.8. The molecule has 5 nitrogen and oxygen atoms in total. The van der Waals surface area contributed by atoms with Crippen molar-refractivity contribution in [2.75, 3.05) is 0 Å². The molecule has 0 saturated carbocycles. The fourth-order valence-electron chi connectivity index (χ4n) is 8.72. The molecular formula is C58H62IrN4OSi-2. The molecule has 0 spiro atoms. The number of aryl methyl sites for hydroxylation is 1. The first-order valence-electron chi connectivity index (χ1n) is 24.1. The Morgan fingerprint density at radius 3 is 2.02 bits per heavy atom. The van der Waals surface area contributed by atoms with Crippen LogP contribution in [0.1, 0.15) is 112 Å². The van der Waals surface area contributed by atoms with Crippen molar-refractivity contribution in [3.63, 3.8) is 0 Å². The van der Waals surface area contributed by atoms with Crippen LogP contribution in [0.5, 0.6) is 0 Å². The summed E-state index contributed by atoms with van der Waals surface area (Å²) in [5, 5.41) is 3.54. The number of hydrogen-bond acceptors (Lipinski definition) is 4. The molecule has 0 saturated heterocycles. The zero-order valence-electron chi connectivity index (χ0n) is 42.8. The van der Waals surface area contributed by atoms with E-state index in [-0.39, 0.29) is 37.4 Å². The van der Waals surface area contributed by atoms with Gasteiger partial charge in [0.25, 0.3) is 0 Å². The maximum Gasteiger partial charge on any atom is 0.120 e. The van der Waals surface area contributed by atoms with E-state index in [1.54, 1.807) is 18.2 Å². The van der Waals surface area contributed by atoms with Gasteiger partial charge in [0, 0.05) is 53.2 Å². The van der Waals surface area contributed by atoms with E-state index in [1.807, 2.05) is 36.8 Å². The van der Waals surface area contributed by atoms with Gasteiger partial charge in [-0.1, -0.05) is 160 Å². The number of fused-ring (bicyclic) bond motifs is 4. The van der Waals surface area contributed by atoms with Gasteiger partial charge in [0.1, 0.15) is 5.58 Å². The standard InChI is InChI=1S/C40H38N3O.C18H24NSi.Ir/c1-24(2)31-20-27(26-14-9-8-10-15-26)21-32(25(3)4)37(31)43-34-23-41-22-33(40(5,6)7)36(34)42-39(43)30-18-13-17-29-28-16-11-12-19-35(28)44-38(29)30;1-13(2)16-11-17(15-9-7-14(3)8-10-15)19-12-18(16)20(4,5)6;/h8-17,19-25H,1-7H3;7-9,11-13H,1-6H3;/q2*-1;/i;3D3;. The van der Waals surface area contributed by atoms with Crippen LogP contribution in [0.4, 0.5) is 0 Å². The number of rotatable bonds is 8. The molecule has 5 aromatic carbocycles. The summed E-state index contributed by atoms with van der Waals surface area (Å²) < 4.78 is 31.2. The summed E-state index contributed by atoms with van der Waals surface area (Å²) in [5.41, 5.74) is 14.9. The zero-order valence-corrected chi connectivity index (χ0v) is 43.2. The maximum absolute atomic E-state index is 7.44. The fraction of sp³-hybridized carbons (Fsp3) is 0.293. The number of benzene rings is 5. The van der Waals surface area contributed by atoms with Gasteiger partial charge in [0.05, 0.1) is 36.7 Å². The number of furan rings is 1. The van der Waals surface area contributed by atoms with Crippen LogP contribution >= 0.6 is 0 Å². The molecule has 9 aromatic rings. The molecule has 4 aromatic heterocycles. The number of hydrogen-bond donors (Lipinski definition) is 0. The predicted molar refractivity (Wildman–Crippen MR) is 273 cm³/mol. The summed E-state index contributed by atoms with van der Waals surface area (Å²) in [6.45, 7) is 25.1. The summed E-state index contributed by atoms with van der Waals surface area (Å²) in [7, 11) is -1.45. The van der Waals surface area contributed by atoms with Gasteiger partial charge in [-0.2, -0.15) is 0 Å². The molecule has 0 aliphatic heterocycles. The molecule has 0 bridgehead atoms. The molecule has 0 aliphatic rings. The topological polar surface area (TPSA) is 56.7 Å². The Kier molecular flexibility index (Phi) is 12.6. The Morgan fingerprint density at radius 2 is 1.40 bits per heavy atom. The third kappa shape index (κ3) is 9.47. The molecule has 335 valence electrons. The van der Waals surface area contributed by atoms with E-state index in [9.17, 15) is 0 Å². The average Bonchev–Trinajstić information content (AvgIpc) is 3.87. The minimum atomic E-state index is -2.09. The molecule has 4 heterocycles. The number of pyridine rings is 2. The number of imidazole rings is 1. The van der Waals surface area contributed by atoms with E-state index >= 15 is 0 Å². The van der Waals surface area contributed by atoms with Gasteiger partial charge < -0.3 is 14.0 Å². The molecule has 7 heteroatoms. The summed E-state index contributed by atoms with van der Waals surface area (Å²) in [5.74, 6) is 1.78.